The summed E-state index contributed by atoms with van der Waals surface area (Å²) in [7, 11) is 3.31. The first-order valence-electron chi connectivity index (χ1n) is 12.6. The number of fused-ring (bicyclic) bond motifs is 2. The highest BCUT2D eigenvalue weighted by Gasteiger charge is 2.82. The van der Waals surface area contributed by atoms with Gasteiger partial charge in [-0.1, -0.05) is 32.4 Å². The summed E-state index contributed by atoms with van der Waals surface area (Å²) in [5.74, 6) is 1.08. The van der Waals surface area contributed by atoms with Gasteiger partial charge in [-0.3, -0.25) is 4.79 Å². The van der Waals surface area contributed by atoms with E-state index in [1.54, 1.807) is 14.2 Å². The van der Waals surface area contributed by atoms with Gasteiger partial charge in [0, 0.05) is 17.8 Å². The molecule has 3 fully saturated rings. The number of hydrogen-bond acceptors (Lipinski definition) is 5. The lowest BCUT2D eigenvalue weighted by Gasteiger charge is -2.70. The Morgan fingerprint density at radius 2 is 1.88 bits per heavy atom. The topological polar surface area (TPSA) is 65.0 Å². The van der Waals surface area contributed by atoms with Crippen molar-refractivity contribution in [2.45, 2.75) is 91.0 Å². The fourth-order valence-corrected chi connectivity index (χ4v) is 7.77. The molecule has 4 rings (SSSR count). The van der Waals surface area contributed by atoms with Crippen LogP contribution in [0.4, 0.5) is 0 Å². The van der Waals surface area contributed by atoms with Crippen molar-refractivity contribution in [1.29, 1.82) is 0 Å². The molecule has 188 valence electrons. The molecule has 1 aliphatic heterocycles. The third-order valence-electron chi connectivity index (χ3n) is 9.83. The lowest BCUT2D eigenvalue weighted by molar-refractivity contribution is -0.305. The van der Waals surface area contributed by atoms with Crippen LogP contribution in [0.2, 0.25) is 0 Å². The molecule has 3 aliphatic rings. The molecule has 1 heterocycles. The number of ether oxygens (including phenoxy) is 3. The number of carbonyl (C=O) groups is 1. The minimum atomic E-state index is -0.669. The maximum atomic E-state index is 14.5. The smallest absolute Gasteiger partial charge is 0.146 e. The quantitative estimate of drug-likeness (QED) is 0.538. The number of aliphatic hydroxyl groups is 1. The van der Waals surface area contributed by atoms with Crippen LogP contribution in [0, 0.1) is 29.6 Å². The molecule has 1 aromatic rings. The summed E-state index contributed by atoms with van der Waals surface area (Å²) >= 11 is 0. The zero-order chi connectivity index (χ0) is 25.3. The number of carbonyl (C=O) groups excluding carboxylic acids is 1. The molecule has 1 aromatic carbocycles. The third kappa shape index (κ3) is 3.22. The van der Waals surface area contributed by atoms with Gasteiger partial charge in [0.05, 0.1) is 37.4 Å². The number of rotatable bonds is 7. The standard InChI is InChI=1S/C29H42O5/c1-17(2)21(15-19-14-20(32-8)13-18(3)24(19)33-9)23(31)25-27(6)11-10-12-28(27,7)29(25)16-22(30)26(4,5)34-29/h13-14,21-22,25,30H,1,10-12,15-16H2,2-9H3/t21-,22+,25-,27-,28-,29+/m1/s1. The molecule has 5 nitrogen and oxygen atoms in total. The molecule has 1 N–H and O–H groups in total. The number of Topliss-reactive ketones (excluding diaryl/α,β-unsaturated/α-hetero) is 1. The molecule has 0 aromatic heterocycles. The molecular weight excluding hydrogens is 428 g/mol. The summed E-state index contributed by atoms with van der Waals surface area (Å²) in [6.07, 6.45) is 3.53. The average Bonchev–Trinajstić information content (AvgIpc) is 3.16. The van der Waals surface area contributed by atoms with Crippen LogP contribution in [0.3, 0.4) is 0 Å². The Bertz CT molecular complexity index is 1010. The summed E-state index contributed by atoms with van der Waals surface area (Å²) in [6.45, 7) is 16.6. The second-order valence-corrected chi connectivity index (χ2v) is 12.0. The molecule has 2 aliphatic carbocycles. The van der Waals surface area contributed by atoms with Gasteiger partial charge in [-0.2, -0.15) is 0 Å². The van der Waals surface area contributed by atoms with E-state index in [0.717, 1.165) is 47.5 Å². The molecule has 0 amide bonds. The van der Waals surface area contributed by atoms with E-state index in [1.807, 2.05) is 39.8 Å². The van der Waals surface area contributed by atoms with Crippen LogP contribution in [0.1, 0.15) is 71.4 Å². The van der Waals surface area contributed by atoms with Crippen LogP contribution in [0.5, 0.6) is 11.5 Å². The summed E-state index contributed by atoms with van der Waals surface area (Å²) in [5.41, 5.74) is 1.18. The molecule has 2 saturated carbocycles. The monoisotopic (exact) mass is 470 g/mol. The van der Waals surface area contributed by atoms with E-state index in [2.05, 4.69) is 20.4 Å². The first-order chi connectivity index (χ1) is 15.8. The molecule has 0 unspecified atom stereocenters. The highest BCUT2D eigenvalue weighted by atomic mass is 16.6. The third-order valence-corrected chi connectivity index (χ3v) is 9.83. The number of aryl methyl sites for hydroxylation is 1. The van der Waals surface area contributed by atoms with Gasteiger partial charge in [0.2, 0.25) is 0 Å². The molecular formula is C29H42O5. The Kier molecular flexibility index (Phi) is 6.01. The van der Waals surface area contributed by atoms with E-state index >= 15 is 0 Å². The summed E-state index contributed by atoms with van der Waals surface area (Å²) < 4.78 is 18.0. The van der Waals surface area contributed by atoms with Crippen molar-refractivity contribution >= 4 is 5.78 Å². The summed E-state index contributed by atoms with van der Waals surface area (Å²) in [6, 6.07) is 3.91. The van der Waals surface area contributed by atoms with Gasteiger partial charge in [-0.05, 0) is 75.6 Å². The molecule has 5 heteroatoms. The number of allylic oxidation sites excluding steroid dienone is 1. The van der Waals surface area contributed by atoms with Crippen molar-refractivity contribution in [2.24, 2.45) is 22.7 Å². The number of methoxy groups -OCH3 is 2. The van der Waals surface area contributed by atoms with E-state index in [-0.39, 0.29) is 28.4 Å². The highest BCUT2D eigenvalue weighted by Crippen LogP contribution is 2.79. The summed E-state index contributed by atoms with van der Waals surface area (Å²) in [5, 5.41) is 10.9. The average molecular weight is 471 g/mol. The molecule has 0 bridgehead atoms. The molecule has 0 radical (unpaired) electrons. The molecule has 1 saturated heterocycles. The van der Waals surface area contributed by atoms with Crippen LogP contribution >= 0.6 is 0 Å². The van der Waals surface area contributed by atoms with Crippen LogP contribution in [0.15, 0.2) is 24.3 Å². The van der Waals surface area contributed by atoms with E-state index in [0.29, 0.717) is 12.8 Å². The largest absolute Gasteiger partial charge is 0.497 e. The zero-order valence-electron chi connectivity index (χ0n) is 22.2. The maximum absolute atomic E-state index is 14.5. The highest BCUT2D eigenvalue weighted by molar-refractivity contribution is 5.90. The van der Waals surface area contributed by atoms with Crippen LogP contribution < -0.4 is 9.47 Å². The number of benzene rings is 1. The van der Waals surface area contributed by atoms with E-state index in [1.165, 1.54) is 0 Å². The van der Waals surface area contributed by atoms with Gasteiger partial charge in [0.1, 0.15) is 17.3 Å². The number of hydrogen-bond donors (Lipinski definition) is 1. The molecule has 6 atom stereocenters. The molecule has 34 heavy (non-hydrogen) atoms. The van der Waals surface area contributed by atoms with Crippen molar-refractivity contribution in [3.63, 3.8) is 0 Å². The van der Waals surface area contributed by atoms with Gasteiger partial charge >= 0.3 is 0 Å². The number of aliphatic hydroxyl groups excluding tert-OH is 1. The number of ketones is 1. The predicted octanol–water partition coefficient (Wildman–Crippen LogP) is 5.44. The minimum Gasteiger partial charge on any atom is -0.497 e. The normalized spacial score (nSPS) is 36.6. The van der Waals surface area contributed by atoms with Crippen LogP contribution in [0.25, 0.3) is 0 Å². The summed E-state index contributed by atoms with van der Waals surface area (Å²) in [4.78, 5) is 14.5. The minimum absolute atomic E-state index is 0.126. The van der Waals surface area contributed by atoms with Crippen LogP contribution in [-0.4, -0.2) is 42.4 Å². The lowest BCUT2D eigenvalue weighted by Crippen LogP contribution is -2.75. The Morgan fingerprint density at radius 3 is 2.41 bits per heavy atom. The van der Waals surface area contributed by atoms with E-state index in [9.17, 15) is 9.90 Å². The van der Waals surface area contributed by atoms with Gasteiger partial charge in [0.25, 0.3) is 0 Å². The van der Waals surface area contributed by atoms with Crippen molar-refractivity contribution < 1.29 is 24.1 Å². The van der Waals surface area contributed by atoms with Crippen molar-refractivity contribution in [3.8, 4) is 11.5 Å². The molecule has 1 spiro atoms. The first-order valence-corrected chi connectivity index (χ1v) is 12.6. The SMILES string of the molecule is C=C(C)[C@@H](Cc1cc(OC)cc(C)c1OC)C(=O)[C@H]1[C@@]2(C[C@H](O)C(C)(C)O2)[C@]2(C)CCC[C@]12C. The fraction of sp³-hybridized carbons (Fsp3) is 0.690. The van der Waals surface area contributed by atoms with Gasteiger partial charge in [-0.15, -0.1) is 0 Å². The predicted molar refractivity (Wildman–Crippen MR) is 133 cm³/mol. The van der Waals surface area contributed by atoms with Crippen LogP contribution in [-0.2, 0) is 16.0 Å². The Morgan fingerprint density at radius 1 is 1.21 bits per heavy atom. The second kappa shape index (κ2) is 8.09. The van der Waals surface area contributed by atoms with E-state index in [4.69, 9.17) is 14.2 Å². The van der Waals surface area contributed by atoms with E-state index < -0.39 is 17.3 Å². The van der Waals surface area contributed by atoms with Gasteiger partial charge in [0.15, 0.2) is 0 Å². The Labute approximate surface area is 204 Å². The van der Waals surface area contributed by atoms with Crippen molar-refractivity contribution in [2.75, 3.05) is 14.2 Å². The Balaban J connectivity index is 1.75. The van der Waals surface area contributed by atoms with Gasteiger partial charge in [-0.25, -0.2) is 0 Å². The Hall–Kier alpha value is -1.85. The van der Waals surface area contributed by atoms with Crippen molar-refractivity contribution in [3.05, 3.63) is 35.4 Å². The maximum Gasteiger partial charge on any atom is 0.146 e. The first kappa shape index (κ1) is 25.2. The fourth-order valence-electron chi connectivity index (χ4n) is 7.77. The van der Waals surface area contributed by atoms with Gasteiger partial charge < -0.3 is 19.3 Å². The lowest BCUT2D eigenvalue weighted by atomic mass is 9.36. The zero-order valence-corrected chi connectivity index (χ0v) is 22.2. The second-order valence-electron chi connectivity index (χ2n) is 12.0. The van der Waals surface area contributed by atoms with Crippen molar-refractivity contribution in [1.82, 2.24) is 0 Å².